The Morgan fingerprint density at radius 2 is 1.58 bits per heavy atom. The molecule has 0 saturated heterocycles. The van der Waals surface area contributed by atoms with Gasteiger partial charge in [-0.3, -0.25) is 4.79 Å². The van der Waals surface area contributed by atoms with Gasteiger partial charge in [0.25, 0.3) is 5.91 Å². The molecule has 31 heavy (non-hydrogen) atoms. The molecule has 0 fully saturated rings. The fourth-order valence-electron chi connectivity index (χ4n) is 2.05. The highest BCUT2D eigenvalue weighted by Crippen LogP contribution is 2.17. The number of nitrogens with one attached hydrogen (secondary N) is 2. The van der Waals surface area contributed by atoms with Crippen molar-refractivity contribution in [3.63, 3.8) is 0 Å². The number of guanidine groups is 1. The number of alkyl halides is 3. The molecule has 0 saturated carbocycles. The van der Waals surface area contributed by atoms with Crippen molar-refractivity contribution in [1.82, 2.24) is 5.48 Å². The summed E-state index contributed by atoms with van der Waals surface area (Å²) in [5.74, 6) is -3.09. The van der Waals surface area contributed by atoms with Crippen LogP contribution in [0.2, 0.25) is 0 Å². The molecule has 2 amide bonds. The number of benzene rings is 2. The molecule has 0 aliphatic heterocycles. The number of carbonyl (C=O) groups is 3. The lowest BCUT2D eigenvalue weighted by Gasteiger charge is -2.09. The van der Waals surface area contributed by atoms with Crippen LogP contribution in [0.15, 0.2) is 53.5 Å². The third-order valence-corrected chi connectivity index (χ3v) is 3.43. The molecule has 0 aliphatic carbocycles. The van der Waals surface area contributed by atoms with Crippen molar-refractivity contribution in [2.75, 3.05) is 5.32 Å². The zero-order chi connectivity index (χ0) is 23.0. The number of ether oxygens (including phenoxy) is 1. The van der Waals surface area contributed by atoms with Crippen molar-refractivity contribution in [3.05, 3.63) is 59.7 Å². The molecule has 164 valence electrons. The van der Waals surface area contributed by atoms with Crippen molar-refractivity contribution < 1.29 is 37.1 Å². The summed E-state index contributed by atoms with van der Waals surface area (Å²) < 4.78 is 40.4. The summed E-state index contributed by atoms with van der Waals surface area (Å²) in [7, 11) is 0. The number of amides is 2. The van der Waals surface area contributed by atoms with E-state index in [1.165, 1.54) is 41.9 Å². The van der Waals surface area contributed by atoms with E-state index in [1.807, 2.05) is 0 Å². The predicted molar refractivity (Wildman–Crippen MR) is 102 cm³/mol. The number of nitrogens with two attached hydrogens (primary N) is 2. The van der Waals surface area contributed by atoms with Gasteiger partial charge in [-0.2, -0.15) is 13.2 Å². The van der Waals surface area contributed by atoms with Crippen LogP contribution in [0.5, 0.6) is 0 Å². The van der Waals surface area contributed by atoms with Crippen molar-refractivity contribution in [3.8, 4) is 0 Å². The van der Waals surface area contributed by atoms with E-state index in [1.54, 1.807) is 12.1 Å². The molecule has 0 spiro atoms. The largest absolute Gasteiger partial charge is 0.493 e. The maximum absolute atomic E-state index is 12.2. The van der Waals surface area contributed by atoms with Crippen molar-refractivity contribution >= 4 is 35.3 Å². The lowest BCUT2D eigenvalue weighted by Crippen LogP contribution is -2.34. The van der Waals surface area contributed by atoms with Gasteiger partial charge in [0.05, 0.1) is 5.69 Å². The highest BCUT2D eigenvalue weighted by Gasteiger charge is 2.42. The molecule has 0 heterocycles. The lowest BCUT2D eigenvalue weighted by molar-refractivity contribution is -0.205. The highest BCUT2D eigenvalue weighted by molar-refractivity contribution is 6.04. The van der Waals surface area contributed by atoms with Gasteiger partial charge in [-0.15, -0.1) is 5.48 Å². The molecular formula is C18H16F3N5O5. The van der Waals surface area contributed by atoms with E-state index in [0.29, 0.717) is 22.5 Å². The molecule has 2 aromatic carbocycles. The zero-order valence-corrected chi connectivity index (χ0v) is 15.6. The molecule has 0 atom stereocenters. The Balaban J connectivity index is 1.83. The first kappa shape index (κ1) is 23.0. The Morgan fingerprint density at radius 1 is 0.968 bits per heavy atom. The Bertz CT molecular complexity index is 972. The smallest absolute Gasteiger partial charge is 0.443 e. The second-order valence-corrected chi connectivity index (χ2v) is 5.80. The van der Waals surface area contributed by atoms with Gasteiger partial charge in [-0.25, -0.2) is 14.6 Å². The average Bonchev–Trinajstić information content (AvgIpc) is 2.70. The van der Waals surface area contributed by atoms with Crippen LogP contribution in [0.3, 0.4) is 0 Å². The molecular weight excluding hydrogens is 423 g/mol. The molecule has 2 rings (SSSR count). The topological polar surface area (TPSA) is 158 Å². The van der Waals surface area contributed by atoms with Crippen LogP contribution in [0.1, 0.15) is 15.9 Å². The number of hydrogen-bond acceptors (Lipinski definition) is 6. The zero-order valence-electron chi connectivity index (χ0n) is 15.6. The minimum absolute atomic E-state index is 0.110. The van der Waals surface area contributed by atoms with Crippen LogP contribution in [-0.4, -0.2) is 30.1 Å². The van der Waals surface area contributed by atoms with Crippen LogP contribution in [0.4, 0.5) is 29.3 Å². The predicted octanol–water partition coefficient (Wildman–Crippen LogP) is 2.09. The number of anilines is 1. The summed E-state index contributed by atoms with van der Waals surface area (Å²) in [5, 5.41) is 2.65. The molecule has 6 N–H and O–H groups in total. The minimum atomic E-state index is -5.25. The highest BCUT2D eigenvalue weighted by atomic mass is 19.4. The molecule has 10 nitrogen and oxygen atoms in total. The number of hydrogen-bond donors (Lipinski definition) is 4. The number of rotatable bonds is 5. The second kappa shape index (κ2) is 9.96. The fraction of sp³-hybridized carbons (Fsp3) is 0.111. The molecule has 0 bridgehead atoms. The number of carbonyl (C=O) groups excluding carboxylic acids is 3. The fourth-order valence-corrected chi connectivity index (χ4v) is 2.05. The van der Waals surface area contributed by atoms with E-state index in [0.717, 1.165) is 0 Å². The summed E-state index contributed by atoms with van der Waals surface area (Å²) in [4.78, 5) is 41.3. The number of hydroxylamine groups is 1. The third-order valence-electron chi connectivity index (χ3n) is 3.43. The van der Waals surface area contributed by atoms with E-state index in [-0.39, 0.29) is 12.6 Å². The van der Waals surface area contributed by atoms with Crippen molar-refractivity contribution in [2.45, 2.75) is 12.8 Å². The molecule has 2 aromatic rings. The van der Waals surface area contributed by atoms with Gasteiger partial charge in [-0.05, 0) is 42.0 Å². The van der Waals surface area contributed by atoms with Crippen molar-refractivity contribution in [1.29, 1.82) is 0 Å². The Labute approximate surface area is 173 Å². The van der Waals surface area contributed by atoms with Crippen LogP contribution >= 0.6 is 0 Å². The lowest BCUT2D eigenvalue weighted by atomic mass is 10.1. The first-order valence-electron chi connectivity index (χ1n) is 8.35. The SMILES string of the molecule is NC(N)=Nc1ccc(C(=O)Nc2ccc(COC(=O)NOC(=O)C(F)(F)F)cc2)cc1. The maximum Gasteiger partial charge on any atom is 0.493 e. The summed E-state index contributed by atoms with van der Waals surface area (Å²) in [5.41, 5.74) is 13.5. The molecule has 0 unspecified atom stereocenters. The Hall–Kier alpha value is -4.29. The van der Waals surface area contributed by atoms with Gasteiger partial charge in [0.15, 0.2) is 5.96 Å². The van der Waals surface area contributed by atoms with Crippen molar-refractivity contribution in [2.24, 2.45) is 16.5 Å². The van der Waals surface area contributed by atoms with Gasteiger partial charge in [0, 0.05) is 11.3 Å². The van der Waals surface area contributed by atoms with Gasteiger partial charge >= 0.3 is 18.2 Å². The van der Waals surface area contributed by atoms with Gasteiger partial charge in [0.2, 0.25) is 0 Å². The first-order chi connectivity index (χ1) is 14.5. The molecule has 0 radical (unpaired) electrons. The van der Waals surface area contributed by atoms with Gasteiger partial charge < -0.3 is 26.4 Å². The number of halogens is 3. The van der Waals surface area contributed by atoms with E-state index in [4.69, 9.17) is 11.5 Å². The molecule has 0 aliphatic rings. The van der Waals surface area contributed by atoms with E-state index in [2.05, 4.69) is 19.9 Å². The van der Waals surface area contributed by atoms with Crippen LogP contribution in [0.25, 0.3) is 0 Å². The second-order valence-electron chi connectivity index (χ2n) is 5.80. The Morgan fingerprint density at radius 3 is 2.13 bits per heavy atom. The Kier molecular flexibility index (Phi) is 7.38. The normalized spacial score (nSPS) is 10.5. The maximum atomic E-state index is 12.2. The van der Waals surface area contributed by atoms with Gasteiger partial charge in [0.1, 0.15) is 6.61 Å². The third kappa shape index (κ3) is 7.56. The quantitative estimate of drug-likeness (QED) is 0.315. The van der Waals surface area contributed by atoms with E-state index >= 15 is 0 Å². The van der Waals surface area contributed by atoms with E-state index < -0.39 is 24.1 Å². The molecule has 0 aromatic heterocycles. The summed E-state index contributed by atoms with van der Waals surface area (Å²) in [6, 6.07) is 12.2. The number of nitrogens with zero attached hydrogens (tertiary/aromatic N) is 1. The van der Waals surface area contributed by atoms with Crippen LogP contribution in [-0.2, 0) is 21.0 Å². The minimum Gasteiger partial charge on any atom is -0.443 e. The summed E-state index contributed by atoms with van der Waals surface area (Å²) in [6.07, 6.45) is -6.64. The number of aliphatic imine (C=N–C) groups is 1. The van der Waals surface area contributed by atoms with Gasteiger partial charge in [-0.1, -0.05) is 12.1 Å². The average molecular weight is 439 g/mol. The van der Waals surface area contributed by atoms with Crippen LogP contribution < -0.4 is 22.3 Å². The molecule has 13 heteroatoms. The van der Waals surface area contributed by atoms with E-state index in [9.17, 15) is 27.6 Å². The monoisotopic (exact) mass is 439 g/mol. The summed E-state index contributed by atoms with van der Waals surface area (Å²) in [6.45, 7) is -0.324. The summed E-state index contributed by atoms with van der Waals surface area (Å²) >= 11 is 0. The standard InChI is InChI=1S/C18H16F3N5O5/c19-18(20,21)15(28)31-26-17(29)30-9-10-1-5-12(6-2-10)24-14(27)11-3-7-13(8-4-11)25-16(22)23/h1-8H,9H2,(H,24,27)(H,26,29)(H4,22,23,25). The van der Waals surface area contributed by atoms with Crippen LogP contribution in [0, 0.1) is 0 Å². The first-order valence-corrected chi connectivity index (χ1v) is 8.35.